The summed E-state index contributed by atoms with van der Waals surface area (Å²) in [5, 5.41) is 10.2. The lowest BCUT2D eigenvalue weighted by Crippen LogP contribution is -2.11. The van der Waals surface area contributed by atoms with Crippen LogP contribution in [0.25, 0.3) is 10.1 Å². The summed E-state index contributed by atoms with van der Waals surface area (Å²) in [4.78, 5) is 4.26. The van der Waals surface area contributed by atoms with E-state index in [4.69, 9.17) is 0 Å². The molecule has 0 aliphatic rings. The van der Waals surface area contributed by atoms with Crippen molar-refractivity contribution < 1.29 is 0 Å². The average Bonchev–Trinajstić information content (AvgIpc) is 2.99. The molecule has 86 valence electrons. The van der Waals surface area contributed by atoms with E-state index in [9.17, 15) is 0 Å². The number of fused-ring (bicyclic) bond motifs is 1. The Balaban J connectivity index is 1.69. The molecule has 0 unspecified atom stereocenters. The Labute approximate surface area is 108 Å². The largest absolute Gasteiger partial charge is 0.306 e. The van der Waals surface area contributed by atoms with Gasteiger partial charge in [-0.05, 0) is 22.4 Å². The van der Waals surface area contributed by atoms with Crippen molar-refractivity contribution in [3.05, 3.63) is 51.8 Å². The zero-order valence-corrected chi connectivity index (χ0v) is 10.9. The molecule has 17 heavy (non-hydrogen) atoms. The fourth-order valence-electron chi connectivity index (χ4n) is 1.81. The van der Waals surface area contributed by atoms with Crippen LogP contribution in [0.4, 0.5) is 0 Å². The molecule has 0 atom stereocenters. The number of nitrogens with one attached hydrogen (secondary N) is 1. The molecule has 3 rings (SSSR count). The van der Waals surface area contributed by atoms with Crippen LogP contribution in [-0.4, -0.2) is 4.98 Å². The van der Waals surface area contributed by atoms with Gasteiger partial charge in [0.15, 0.2) is 0 Å². The summed E-state index contributed by atoms with van der Waals surface area (Å²) in [5.74, 6) is 0. The molecular weight excluding hydrogens is 248 g/mol. The van der Waals surface area contributed by atoms with Crippen molar-refractivity contribution in [3.63, 3.8) is 0 Å². The van der Waals surface area contributed by atoms with Gasteiger partial charge in [-0.3, -0.25) is 0 Å². The molecule has 1 aromatic carbocycles. The number of hydrogen-bond donors (Lipinski definition) is 1. The molecule has 1 N–H and O–H groups in total. The van der Waals surface area contributed by atoms with Crippen LogP contribution in [0.1, 0.15) is 10.6 Å². The molecule has 3 aromatic rings. The van der Waals surface area contributed by atoms with E-state index in [1.54, 1.807) is 11.3 Å². The summed E-state index contributed by atoms with van der Waals surface area (Å²) in [6.45, 7) is 1.76. The van der Waals surface area contributed by atoms with Gasteiger partial charge in [-0.25, -0.2) is 4.98 Å². The summed E-state index contributed by atoms with van der Waals surface area (Å²) in [6.07, 6.45) is 1.85. The van der Waals surface area contributed by atoms with Gasteiger partial charge in [-0.1, -0.05) is 18.2 Å². The van der Waals surface area contributed by atoms with E-state index in [1.807, 2.05) is 22.9 Å². The zero-order chi connectivity index (χ0) is 11.5. The van der Waals surface area contributed by atoms with Crippen molar-refractivity contribution in [2.45, 2.75) is 13.1 Å². The third-order valence-corrected chi connectivity index (χ3v) is 4.43. The lowest BCUT2D eigenvalue weighted by Gasteiger charge is -2.01. The van der Waals surface area contributed by atoms with Crippen molar-refractivity contribution in [3.8, 4) is 0 Å². The molecule has 0 aliphatic carbocycles. The number of rotatable bonds is 4. The Morgan fingerprint density at radius 3 is 2.94 bits per heavy atom. The first kappa shape index (κ1) is 10.9. The predicted molar refractivity (Wildman–Crippen MR) is 74.5 cm³/mol. The van der Waals surface area contributed by atoms with Crippen LogP contribution in [0.2, 0.25) is 0 Å². The monoisotopic (exact) mass is 260 g/mol. The van der Waals surface area contributed by atoms with E-state index >= 15 is 0 Å². The fourth-order valence-corrected chi connectivity index (χ4v) is 3.36. The van der Waals surface area contributed by atoms with Crippen LogP contribution in [0.5, 0.6) is 0 Å². The predicted octanol–water partition coefficient (Wildman–Crippen LogP) is 3.65. The number of hydrogen-bond acceptors (Lipinski definition) is 4. The normalized spacial score (nSPS) is 11.1. The maximum Gasteiger partial charge on any atom is 0.106 e. The van der Waals surface area contributed by atoms with E-state index in [1.165, 1.54) is 15.6 Å². The van der Waals surface area contributed by atoms with Gasteiger partial charge >= 0.3 is 0 Å². The lowest BCUT2D eigenvalue weighted by atomic mass is 10.2. The number of thiophene rings is 1. The second-order valence-corrected chi connectivity index (χ2v) is 5.68. The summed E-state index contributed by atoms with van der Waals surface area (Å²) in [6, 6.07) is 8.54. The highest BCUT2D eigenvalue weighted by Crippen LogP contribution is 2.25. The molecule has 0 fully saturated rings. The van der Waals surface area contributed by atoms with Crippen molar-refractivity contribution >= 4 is 32.8 Å². The molecule has 2 heterocycles. The van der Waals surface area contributed by atoms with Gasteiger partial charge in [-0.15, -0.1) is 22.7 Å². The van der Waals surface area contributed by atoms with E-state index in [0.29, 0.717) is 0 Å². The highest BCUT2D eigenvalue weighted by molar-refractivity contribution is 7.17. The molecule has 2 aromatic heterocycles. The molecule has 0 saturated heterocycles. The Kier molecular flexibility index (Phi) is 3.18. The van der Waals surface area contributed by atoms with Crippen LogP contribution in [0, 0.1) is 0 Å². The van der Waals surface area contributed by atoms with Crippen molar-refractivity contribution in [2.24, 2.45) is 0 Å². The molecule has 4 heteroatoms. The minimum Gasteiger partial charge on any atom is -0.306 e. The smallest absolute Gasteiger partial charge is 0.106 e. The molecule has 0 aliphatic heterocycles. The van der Waals surface area contributed by atoms with Gasteiger partial charge in [0.2, 0.25) is 0 Å². The second kappa shape index (κ2) is 4.96. The molecule has 2 nitrogen and oxygen atoms in total. The van der Waals surface area contributed by atoms with Crippen LogP contribution >= 0.6 is 22.7 Å². The third kappa shape index (κ3) is 2.39. The SMILES string of the molecule is c1ccc2c(CNCc3nccs3)csc2c1. The Morgan fingerprint density at radius 1 is 1.12 bits per heavy atom. The fraction of sp³-hybridized carbons (Fsp3) is 0.154. The van der Waals surface area contributed by atoms with Gasteiger partial charge < -0.3 is 5.32 Å². The standard InChI is InChI=1S/C13H12N2S2/c1-2-4-12-11(3-1)10(9-17-12)7-14-8-13-15-5-6-16-13/h1-6,9,14H,7-8H2. The van der Waals surface area contributed by atoms with Gasteiger partial charge in [0.05, 0.1) is 0 Å². The third-order valence-electron chi connectivity index (χ3n) is 2.64. The number of aromatic nitrogens is 1. The van der Waals surface area contributed by atoms with Crippen molar-refractivity contribution in [1.29, 1.82) is 0 Å². The topological polar surface area (TPSA) is 24.9 Å². The zero-order valence-electron chi connectivity index (χ0n) is 9.22. The Hall–Kier alpha value is -1.23. The lowest BCUT2D eigenvalue weighted by molar-refractivity contribution is 0.694. The molecule has 0 spiro atoms. The second-order valence-electron chi connectivity index (χ2n) is 3.79. The molecular formula is C13H12N2S2. The highest BCUT2D eigenvalue weighted by Gasteiger charge is 2.02. The van der Waals surface area contributed by atoms with Crippen LogP contribution in [-0.2, 0) is 13.1 Å². The molecule has 0 radical (unpaired) electrons. The summed E-state index contributed by atoms with van der Waals surface area (Å²) in [5.41, 5.74) is 1.38. The van der Waals surface area contributed by atoms with Crippen molar-refractivity contribution in [1.82, 2.24) is 10.3 Å². The minimum atomic E-state index is 0.849. The summed E-state index contributed by atoms with van der Waals surface area (Å²) >= 11 is 3.50. The first-order valence-electron chi connectivity index (χ1n) is 5.48. The van der Waals surface area contributed by atoms with Gasteiger partial charge in [0.25, 0.3) is 0 Å². The van der Waals surface area contributed by atoms with Crippen LogP contribution < -0.4 is 5.32 Å². The Morgan fingerprint density at radius 2 is 2.06 bits per heavy atom. The average molecular weight is 260 g/mol. The molecule has 0 amide bonds. The molecule has 0 saturated carbocycles. The van der Waals surface area contributed by atoms with E-state index < -0.39 is 0 Å². The van der Waals surface area contributed by atoms with Crippen molar-refractivity contribution in [2.75, 3.05) is 0 Å². The highest BCUT2D eigenvalue weighted by atomic mass is 32.1. The first-order valence-corrected chi connectivity index (χ1v) is 7.23. The minimum absolute atomic E-state index is 0.849. The maximum atomic E-state index is 4.26. The maximum absolute atomic E-state index is 4.26. The van der Waals surface area contributed by atoms with Crippen LogP contribution in [0.3, 0.4) is 0 Å². The summed E-state index contributed by atoms with van der Waals surface area (Å²) < 4.78 is 1.36. The number of benzene rings is 1. The van der Waals surface area contributed by atoms with Gasteiger partial charge in [-0.2, -0.15) is 0 Å². The number of nitrogens with zero attached hydrogens (tertiary/aromatic N) is 1. The van der Waals surface area contributed by atoms with E-state index in [2.05, 4.69) is 39.9 Å². The summed E-state index contributed by atoms with van der Waals surface area (Å²) in [7, 11) is 0. The van der Waals surface area contributed by atoms with E-state index in [0.717, 1.165) is 18.1 Å². The molecule has 0 bridgehead atoms. The van der Waals surface area contributed by atoms with Gasteiger partial charge in [0.1, 0.15) is 5.01 Å². The Bertz CT molecular complexity index is 599. The van der Waals surface area contributed by atoms with Crippen LogP contribution in [0.15, 0.2) is 41.2 Å². The number of thiazole rings is 1. The first-order chi connectivity index (χ1) is 8.43. The van der Waals surface area contributed by atoms with E-state index in [-0.39, 0.29) is 0 Å². The quantitative estimate of drug-likeness (QED) is 0.774. The van der Waals surface area contributed by atoms with Gasteiger partial charge in [0, 0.05) is 29.4 Å².